The number of nitrogens with two attached hydrogens (primary N) is 1. The number of hydrogen-bond donors (Lipinski definition) is 1. The number of nitrogens with zero attached hydrogens (tertiary/aromatic N) is 4. The summed E-state index contributed by atoms with van der Waals surface area (Å²) in [5, 5.41) is 30.1. The minimum Gasteiger partial charge on any atom is -0.493 e. The van der Waals surface area contributed by atoms with E-state index in [2.05, 4.69) is 30.0 Å². The normalized spacial score (nSPS) is 22.4. The largest absolute Gasteiger partial charge is 0.493 e. The number of ether oxygens (including phenoxy) is 2. The van der Waals surface area contributed by atoms with E-state index in [1.54, 1.807) is 7.11 Å². The highest BCUT2D eigenvalue weighted by Crippen LogP contribution is 2.54. The highest BCUT2D eigenvalue weighted by atomic mass is 16.5. The van der Waals surface area contributed by atoms with Crippen molar-refractivity contribution in [1.82, 2.24) is 4.90 Å². The van der Waals surface area contributed by atoms with Crippen LogP contribution in [0.4, 0.5) is 0 Å². The molecule has 0 spiro atoms. The summed E-state index contributed by atoms with van der Waals surface area (Å²) in [6, 6.07) is 12.0. The molecule has 0 aromatic heterocycles. The average molecular weight is 418 g/mol. The van der Waals surface area contributed by atoms with Gasteiger partial charge in [-0.3, -0.25) is 0 Å². The first kappa shape index (κ1) is 22.2. The molecule has 2 N–H and O–H groups in total. The second-order valence-electron chi connectivity index (χ2n) is 8.01. The second-order valence-corrected chi connectivity index (χ2v) is 8.01. The number of allylic oxidation sites excluding steroid dienone is 2. The first-order chi connectivity index (χ1) is 15.0. The molecule has 7 nitrogen and oxygen atoms in total. The average Bonchev–Trinajstić information content (AvgIpc) is 2.79. The van der Waals surface area contributed by atoms with Crippen molar-refractivity contribution in [2.45, 2.75) is 25.7 Å². The zero-order valence-corrected chi connectivity index (χ0v) is 18.2. The van der Waals surface area contributed by atoms with Crippen LogP contribution in [-0.2, 0) is 0 Å². The molecule has 0 saturated heterocycles. The van der Waals surface area contributed by atoms with E-state index in [9.17, 15) is 15.8 Å². The monoisotopic (exact) mass is 417 g/mol. The molecular weight excluding hydrogens is 390 g/mol. The highest BCUT2D eigenvalue weighted by Gasteiger charge is 2.54. The van der Waals surface area contributed by atoms with Crippen LogP contribution >= 0.6 is 0 Å². The summed E-state index contributed by atoms with van der Waals surface area (Å²) in [5.41, 5.74) is 6.54. The molecule has 31 heavy (non-hydrogen) atoms. The summed E-state index contributed by atoms with van der Waals surface area (Å²) in [6.45, 7) is 3.96. The van der Waals surface area contributed by atoms with Crippen LogP contribution in [0.1, 0.15) is 31.2 Å². The van der Waals surface area contributed by atoms with E-state index in [0.717, 1.165) is 24.0 Å². The molecule has 1 aromatic carbocycles. The van der Waals surface area contributed by atoms with Gasteiger partial charge >= 0.3 is 0 Å². The summed E-state index contributed by atoms with van der Waals surface area (Å²) < 4.78 is 11.4. The Morgan fingerprint density at radius 1 is 1.23 bits per heavy atom. The first-order valence-corrected chi connectivity index (χ1v) is 10.4. The van der Waals surface area contributed by atoms with Gasteiger partial charge in [0.1, 0.15) is 6.07 Å². The van der Waals surface area contributed by atoms with Gasteiger partial charge in [-0.15, -0.1) is 0 Å². The lowest BCUT2D eigenvalue weighted by Gasteiger charge is -2.45. The standard InChI is InChI=1S/C24H27N5O2/c1-4-5-10-31-20-7-6-16(11-21(20)30-3)22-19-13-29(2)9-8-17(19)18(12-25)23(28)24(22,14-26)15-27/h6-8,11,19,22H,4-5,9-10,13,28H2,1-3H3. The number of hydrogen-bond acceptors (Lipinski definition) is 7. The van der Waals surface area contributed by atoms with Crippen LogP contribution < -0.4 is 15.2 Å². The van der Waals surface area contributed by atoms with Gasteiger partial charge in [0.05, 0.1) is 37.1 Å². The Bertz CT molecular complexity index is 1020. The van der Waals surface area contributed by atoms with Gasteiger partial charge in [-0.2, -0.15) is 15.8 Å². The van der Waals surface area contributed by atoms with Crippen molar-refractivity contribution in [3.05, 3.63) is 46.7 Å². The molecule has 0 bridgehead atoms. The van der Waals surface area contributed by atoms with Gasteiger partial charge in [0, 0.05) is 24.9 Å². The fourth-order valence-corrected chi connectivity index (χ4v) is 4.52. The van der Waals surface area contributed by atoms with Crippen molar-refractivity contribution in [3.63, 3.8) is 0 Å². The third-order valence-electron chi connectivity index (χ3n) is 6.15. The fourth-order valence-electron chi connectivity index (χ4n) is 4.52. The Kier molecular flexibility index (Phi) is 6.54. The highest BCUT2D eigenvalue weighted by molar-refractivity contribution is 5.60. The van der Waals surface area contributed by atoms with Crippen LogP contribution in [-0.4, -0.2) is 38.8 Å². The topological polar surface area (TPSA) is 119 Å². The SMILES string of the molecule is CCCCOc1ccc(C2C3CN(C)CC=C3C(C#N)=C(N)C2(C#N)C#N)cc1OC. The Hall–Kier alpha value is -3.47. The number of likely N-dealkylation sites (N-methyl/N-ethyl adjacent to an activating group) is 1. The van der Waals surface area contributed by atoms with E-state index in [0.29, 0.717) is 31.2 Å². The Labute approximate surface area is 183 Å². The number of nitriles is 3. The molecule has 1 aliphatic heterocycles. The number of unbranched alkanes of at least 4 members (excludes halogenated alkanes) is 1. The summed E-state index contributed by atoms with van der Waals surface area (Å²) in [7, 11) is 3.54. The quantitative estimate of drug-likeness (QED) is 0.706. The molecule has 1 aliphatic carbocycles. The maximum absolute atomic E-state index is 10.2. The molecule has 0 amide bonds. The Morgan fingerprint density at radius 2 is 1.97 bits per heavy atom. The Morgan fingerprint density at radius 3 is 2.58 bits per heavy atom. The van der Waals surface area contributed by atoms with Gasteiger partial charge in [-0.05, 0) is 36.7 Å². The number of rotatable bonds is 6. The van der Waals surface area contributed by atoms with Gasteiger partial charge in [-0.1, -0.05) is 25.5 Å². The molecule has 0 fully saturated rings. The number of methoxy groups -OCH3 is 1. The molecule has 1 aromatic rings. The molecule has 1 heterocycles. The third kappa shape index (κ3) is 3.72. The fraction of sp³-hybridized carbons (Fsp3) is 0.458. The van der Waals surface area contributed by atoms with Crippen LogP contribution in [0.25, 0.3) is 0 Å². The van der Waals surface area contributed by atoms with E-state index in [1.165, 1.54) is 0 Å². The molecule has 0 saturated carbocycles. The molecule has 3 rings (SSSR count). The lowest BCUT2D eigenvalue weighted by molar-refractivity contribution is 0.237. The third-order valence-corrected chi connectivity index (χ3v) is 6.15. The maximum atomic E-state index is 10.2. The summed E-state index contributed by atoms with van der Waals surface area (Å²) >= 11 is 0. The molecular formula is C24H27N5O2. The van der Waals surface area contributed by atoms with Crippen molar-refractivity contribution in [3.8, 4) is 29.7 Å². The Balaban J connectivity index is 2.18. The predicted octanol–water partition coefficient (Wildman–Crippen LogP) is 3.23. The van der Waals surface area contributed by atoms with Crippen molar-refractivity contribution >= 4 is 0 Å². The smallest absolute Gasteiger partial charge is 0.191 e. The van der Waals surface area contributed by atoms with Gasteiger partial charge in [-0.25, -0.2) is 0 Å². The van der Waals surface area contributed by atoms with E-state index >= 15 is 0 Å². The van der Waals surface area contributed by atoms with Crippen molar-refractivity contribution in [2.75, 3.05) is 33.9 Å². The van der Waals surface area contributed by atoms with E-state index in [-0.39, 0.29) is 17.2 Å². The molecule has 2 unspecified atom stereocenters. The second kappa shape index (κ2) is 9.13. The van der Waals surface area contributed by atoms with Crippen LogP contribution in [0.2, 0.25) is 0 Å². The molecule has 7 heteroatoms. The zero-order valence-electron chi connectivity index (χ0n) is 18.2. The minimum absolute atomic E-state index is 0.0271. The molecule has 2 atom stereocenters. The van der Waals surface area contributed by atoms with Crippen LogP contribution in [0, 0.1) is 45.3 Å². The number of benzene rings is 1. The van der Waals surface area contributed by atoms with Crippen molar-refractivity contribution in [2.24, 2.45) is 17.1 Å². The van der Waals surface area contributed by atoms with Gasteiger partial charge in [0.25, 0.3) is 0 Å². The summed E-state index contributed by atoms with van der Waals surface area (Å²) in [5.74, 6) is 0.387. The van der Waals surface area contributed by atoms with E-state index in [1.807, 2.05) is 31.3 Å². The zero-order chi connectivity index (χ0) is 22.6. The summed E-state index contributed by atoms with van der Waals surface area (Å²) in [4.78, 5) is 2.11. The van der Waals surface area contributed by atoms with Crippen LogP contribution in [0.5, 0.6) is 11.5 Å². The minimum atomic E-state index is -1.65. The number of fused-ring (bicyclic) bond motifs is 1. The first-order valence-electron chi connectivity index (χ1n) is 10.4. The maximum Gasteiger partial charge on any atom is 0.191 e. The van der Waals surface area contributed by atoms with Gasteiger partial charge < -0.3 is 20.1 Å². The van der Waals surface area contributed by atoms with E-state index in [4.69, 9.17) is 15.2 Å². The van der Waals surface area contributed by atoms with Crippen LogP contribution in [0.15, 0.2) is 41.1 Å². The van der Waals surface area contributed by atoms with Gasteiger partial charge in [0.15, 0.2) is 16.9 Å². The van der Waals surface area contributed by atoms with Crippen molar-refractivity contribution in [1.29, 1.82) is 15.8 Å². The van der Waals surface area contributed by atoms with Crippen LogP contribution in [0.3, 0.4) is 0 Å². The van der Waals surface area contributed by atoms with Crippen molar-refractivity contribution < 1.29 is 9.47 Å². The lowest BCUT2D eigenvalue weighted by atomic mass is 9.58. The molecule has 0 radical (unpaired) electrons. The van der Waals surface area contributed by atoms with E-state index < -0.39 is 11.3 Å². The lowest BCUT2D eigenvalue weighted by Crippen LogP contribution is -2.47. The summed E-state index contributed by atoms with van der Waals surface area (Å²) in [6.07, 6.45) is 3.93. The molecule has 160 valence electrons. The molecule has 2 aliphatic rings. The van der Waals surface area contributed by atoms with Gasteiger partial charge in [0.2, 0.25) is 0 Å². The predicted molar refractivity (Wildman–Crippen MR) is 116 cm³/mol.